The Kier molecular flexibility index (Phi) is 6.24. The summed E-state index contributed by atoms with van der Waals surface area (Å²) in [5, 5.41) is 7.78. The quantitative estimate of drug-likeness (QED) is 0.356. The maximum absolute atomic E-state index is 5.70. The molecule has 0 saturated carbocycles. The molecule has 144 valence electrons. The van der Waals surface area contributed by atoms with Crippen molar-refractivity contribution in [2.24, 2.45) is 0 Å². The van der Waals surface area contributed by atoms with Crippen molar-refractivity contribution in [3.63, 3.8) is 0 Å². The van der Waals surface area contributed by atoms with Crippen molar-refractivity contribution in [2.45, 2.75) is 18.5 Å². The van der Waals surface area contributed by atoms with Gasteiger partial charge in [0.1, 0.15) is 0 Å². The molecule has 1 aromatic carbocycles. The third-order valence-corrected chi connectivity index (χ3v) is 6.81. The molecule has 0 radical (unpaired) electrons. The molecule has 7 heteroatoms. The van der Waals surface area contributed by atoms with Crippen molar-refractivity contribution < 1.29 is 0 Å². The molecule has 1 saturated heterocycles. The van der Waals surface area contributed by atoms with Crippen molar-refractivity contribution in [2.75, 3.05) is 18.4 Å². The summed E-state index contributed by atoms with van der Waals surface area (Å²) in [5.41, 5.74) is 2.17. The van der Waals surface area contributed by atoms with E-state index in [0.717, 1.165) is 39.8 Å². The van der Waals surface area contributed by atoms with Crippen LogP contribution in [0.2, 0.25) is 0 Å². The zero-order valence-electron chi connectivity index (χ0n) is 15.2. The molecular weight excluding hydrogens is 452 g/mol. The Morgan fingerprint density at radius 3 is 2.64 bits per heavy atom. The van der Waals surface area contributed by atoms with Crippen molar-refractivity contribution in [3.05, 3.63) is 81.2 Å². The normalized spacial score (nSPS) is 18.9. The Morgan fingerprint density at radius 1 is 1.11 bits per heavy atom. The van der Waals surface area contributed by atoms with Gasteiger partial charge < -0.3 is 15.5 Å². The fourth-order valence-electron chi connectivity index (χ4n) is 3.48. The average Bonchev–Trinajstić information content (AvgIpc) is 3.29. The van der Waals surface area contributed by atoms with Crippen molar-refractivity contribution in [3.8, 4) is 0 Å². The van der Waals surface area contributed by atoms with E-state index in [4.69, 9.17) is 12.2 Å². The Labute approximate surface area is 183 Å². The average molecular weight is 473 g/mol. The molecule has 0 bridgehead atoms. The molecule has 1 aliphatic rings. The fraction of sp³-hybridized carbons (Fsp3) is 0.238. The third-order valence-electron chi connectivity index (χ3n) is 4.76. The van der Waals surface area contributed by atoms with Gasteiger partial charge in [0.15, 0.2) is 5.11 Å². The minimum absolute atomic E-state index is 0.0568. The summed E-state index contributed by atoms with van der Waals surface area (Å²) in [6.45, 7) is 1.79. The van der Waals surface area contributed by atoms with Gasteiger partial charge in [-0.2, -0.15) is 0 Å². The Balaban J connectivity index is 1.48. The maximum Gasteiger partial charge on any atom is 0.170 e. The molecule has 1 fully saturated rings. The number of hydrogen-bond acceptors (Lipinski definition) is 4. The van der Waals surface area contributed by atoms with Gasteiger partial charge in [-0.15, -0.1) is 11.3 Å². The lowest BCUT2D eigenvalue weighted by Crippen LogP contribution is -2.31. The van der Waals surface area contributed by atoms with E-state index in [1.54, 1.807) is 11.3 Å². The van der Waals surface area contributed by atoms with Crippen molar-refractivity contribution in [1.29, 1.82) is 0 Å². The van der Waals surface area contributed by atoms with Gasteiger partial charge in [-0.05, 0) is 71.0 Å². The molecule has 4 rings (SSSR count). The fourth-order valence-corrected chi connectivity index (χ4v) is 5.39. The third kappa shape index (κ3) is 4.37. The number of nitrogens with zero attached hydrogens (tertiary/aromatic N) is 2. The SMILES string of the molecule is S=C1NC(c2ccccn2)C(c2ccc(Br)s2)N1CCCNc1ccccc1. The van der Waals surface area contributed by atoms with Crippen LogP contribution in [0.4, 0.5) is 5.69 Å². The van der Waals surface area contributed by atoms with Gasteiger partial charge in [-0.1, -0.05) is 24.3 Å². The van der Waals surface area contributed by atoms with Crippen LogP contribution in [0.3, 0.4) is 0 Å². The van der Waals surface area contributed by atoms with Gasteiger partial charge >= 0.3 is 0 Å². The monoisotopic (exact) mass is 472 g/mol. The molecule has 2 atom stereocenters. The smallest absolute Gasteiger partial charge is 0.170 e. The molecule has 2 N–H and O–H groups in total. The zero-order chi connectivity index (χ0) is 19.3. The second kappa shape index (κ2) is 9.03. The van der Waals surface area contributed by atoms with E-state index in [9.17, 15) is 0 Å². The number of thiophene rings is 1. The first-order valence-corrected chi connectivity index (χ1v) is 11.3. The number of pyridine rings is 1. The standard InChI is InChI=1S/C21H21BrN4S2/c22-18-11-10-17(28-18)20-19(16-9-4-5-12-24-16)25-21(27)26(20)14-6-13-23-15-7-2-1-3-8-15/h1-5,7-12,19-20,23H,6,13-14H2,(H,25,27). The van der Waals surface area contributed by atoms with Crippen LogP contribution in [0, 0.1) is 0 Å². The van der Waals surface area contributed by atoms with Gasteiger partial charge in [0.05, 0.1) is 21.6 Å². The molecule has 1 aliphatic heterocycles. The van der Waals surface area contributed by atoms with Crippen LogP contribution in [0.15, 0.2) is 70.6 Å². The maximum atomic E-state index is 5.70. The van der Waals surface area contributed by atoms with Gasteiger partial charge in [0, 0.05) is 29.9 Å². The topological polar surface area (TPSA) is 40.2 Å². The molecule has 0 amide bonds. The molecule has 3 aromatic rings. The summed E-state index contributed by atoms with van der Waals surface area (Å²) >= 11 is 11.1. The van der Waals surface area contributed by atoms with Crippen LogP contribution in [-0.4, -0.2) is 28.1 Å². The van der Waals surface area contributed by atoms with E-state index in [1.165, 1.54) is 4.88 Å². The number of aromatic nitrogens is 1. The molecule has 3 heterocycles. The number of rotatable bonds is 7. The summed E-state index contributed by atoms with van der Waals surface area (Å²) in [7, 11) is 0. The van der Waals surface area contributed by atoms with Crippen LogP contribution < -0.4 is 10.6 Å². The molecule has 28 heavy (non-hydrogen) atoms. The lowest BCUT2D eigenvalue weighted by molar-refractivity contribution is 0.320. The van der Waals surface area contributed by atoms with E-state index in [-0.39, 0.29) is 12.1 Å². The number of benzene rings is 1. The van der Waals surface area contributed by atoms with Crippen molar-refractivity contribution >= 4 is 50.3 Å². The Morgan fingerprint density at radius 2 is 1.93 bits per heavy atom. The summed E-state index contributed by atoms with van der Waals surface area (Å²) in [5.74, 6) is 0. The number of para-hydroxylation sites is 1. The number of thiocarbonyl (C=S) groups is 1. The van der Waals surface area contributed by atoms with Crippen LogP contribution in [0.25, 0.3) is 0 Å². The largest absolute Gasteiger partial charge is 0.385 e. The first-order valence-electron chi connectivity index (χ1n) is 9.24. The number of halogens is 1. The molecule has 0 spiro atoms. The van der Waals surface area contributed by atoms with E-state index >= 15 is 0 Å². The van der Waals surface area contributed by atoms with E-state index in [2.05, 4.69) is 66.8 Å². The Hall–Kier alpha value is -1.96. The summed E-state index contributed by atoms with van der Waals surface area (Å²) in [4.78, 5) is 8.17. The second-order valence-electron chi connectivity index (χ2n) is 6.61. The highest BCUT2D eigenvalue weighted by atomic mass is 79.9. The highest BCUT2D eigenvalue weighted by Crippen LogP contribution is 2.42. The molecule has 4 nitrogen and oxygen atoms in total. The molecule has 2 unspecified atom stereocenters. The number of anilines is 1. The minimum atomic E-state index is 0.0568. The van der Waals surface area contributed by atoms with Gasteiger partial charge in [0.25, 0.3) is 0 Å². The molecule has 0 aliphatic carbocycles. The highest BCUT2D eigenvalue weighted by molar-refractivity contribution is 9.11. The summed E-state index contributed by atoms with van der Waals surface area (Å²) < 4.78 is 1.13. The van der Waals surface area contributed by atoms with Crippen LogP contribution in [-0.2, 0) is 0 Å². The predicted molar refractivity (Wildman–Crippen MR) is 124 cm³/mol. The van der Waals surface area contributed by atoms with E-state index in [1.807, 2.05) is 36.5 Å². The molecule has 2 aromatic heterocycles. The molecular formula is C21H21BrN4S2. The number of hydrogen-bond donors (Lipinski definition) is 2. The minimum Gasteiger partial charge on any atom is -0.385 e. The van der Waals surface area contributed by atoms with Crippen LogP contribution in [0.1, 0.15) is 29.1 Å². The predicted octanol–water partition coefficient (Wildman–Crippen LogP) is 5.38. The Bertz CT molecular complexity index is 916. The van der Waals surface area contributed by atoms with Crippen LogP contribution in [0.5, 0.6) is 0 Å². The lowest BCUT2D eigenvalue weighted by atomic mass is 10.0. The van der Waals surface area contributed by atoms with Crippen molar-refractivity contribution in [1.82, 2.24) is 15.2 Å². The summed E-state index contributed by atoms with van der Waals surface area (Å²) in [6.07, 6.45) is 2.84. The van der Waals surface area contributed by atoms with Gasteiger partial charge in [0.2, 0.25) is 0 Å². The zero-order valence-corrected chi connectivity index (χ0v) is 18.4. The van der Waals surface area contributed by atoms with E-state index < -0.39 is 0 Å². The first kappa shape index (κ1) is 19.4. The first-order chi connectivity index (χ1) is 13.7. The number of nitrogens with one attached hydrogen (secondary N) is 2. The van der Waals surface area contributed by atoms with Gasteiger partial charge in [-0.25, -0.2) is 0 Å². The second-order valence-corrected chi connectivity index (χ2v) is 9.49. The van der Waals surface area contributed by atoms with Crippen LogP contribution >= 0.6 is 39.5 Å². The van der Waals surface area contributed by atoms with Gasteiger partial charge in [-0.3, -0.25) is 4.98 Å². The van der Waals surface area contributed by atoms with E-state index in [0.29, 0.717) is 0 Å². The lowest BCUT2D eigenvalue weighted by Gasteiger charge is -2.27. The highest BCUT2D eigenvalue weighted by Gasteiger charge is 2.40. The summed E-state index contributed by atoms with van der Waals surface area (Å²) in [6, 6.07) is 20.8.